The van der Waals surface area contributed by atoms with Crippen molar-refractivity contribution in [1.29, 1.82) is 0 Å². The predicted molar refractivity (Wildman–Crippen MR) is 72.0 cm³/mol. The zero-order valence-corrected chi connectivity index (χ0v) is 10.4. The van der Waals surface area contributed by atoms with Crippen LogP contribution in [-0.4, -0.2) is 29.9 Å². The molecule has 2 heterocycles. The first-order valence-corrected chi connectivity index (χ1v) is 6.55. The Morgan fingerprint density at radius 3 is 3.06 bits per heavy atom. The van der Waals surface area contributed by atoms with E-state index in [2.05, 4.69) is 30.1 Å². The van der Waals surface area contributed by atoms with Gasteiger partial charge in [-0.1, -0.05) is 36.9 Å². The second-order valence-corrected chi connectivity index (χ2v) is 4.96. The monoisotopic (exact) mass is 242 g/mol. The second-order valence-electron chi connectivity index (χ2n) is 4.96. The number of carbonyl (C=O) groups excluding carboxylic acids is 1. The van der Waals surface area contributed by atoms with Gasteiger partial charge in [0.25, 0.3) is 0 Å². The van der Waals surface area contributed by atoms with Crippen molar-refractivity contribution in [2.24, 2.45) is 0 Å². The first-order chi connectivity index (χ1) is 8.81. The summed E-state index contributed by atoms with van der Waals surface area (Å²) in [5, 5.41) is 3.56. The fraction of sp³-hybridized carbons (Fsp3) is 0.400. The van der Waals surface area contributed by atoms with E-state index in [4.69, 9.17) is 0 Å². The number of nitrogens with zero attached hydrogens (tertiary/aromatic N) is 1. The van der Waals surface area contributed by atoms with Crippen LogP contribution in [0, 0.1) is 0 Å². The molecule has 1 aromatic carbocycles. The van der Waals surface area contributed by atoms with Crippen LogP contribution >= 0.6 is 0 Å². The third kappa shape index (κ3) is 1.75. The average Bonchev–Trinajstić information content (AvgIpc) is 2.81. The van der Waals surface area contributed by atoms with Gasteiger partial charge in [-0.05, 0) is 17.5 Å². The van der Waals surface area contributed by atoms with Crippen molar-refractivity contribution in [3.8, 4) is 0 Å². The van der Waals surface area contributed by atoms with E-state index >= 15 is 0 Å². The van der Waals surface area contributed by atoms with Crippen LogP contribution in [0.5, 0.6) is 0 Å². The van der Waals surface area contributed by atoms with Gasteiger partial charge in [0, 0.05) is 19.5 Å². The normalized spacial score (nSPS) is 27.1. The summed E-state index contributed by atoms with van der Waals surface area (Å²) in [6.45, 7) is 5.60. The molecule has 2 aliphatic rings. The lowest BCUT2D eigenvalue weighted by Crippen LogP contribution is -2.51. The SMILES string of the molecule is C=Cc1ccccc1C1NCCN2C(=O)CC[C@@H]12. The number of rotatable bonds is 2. The van der Waals surface area contributed by atoms with Crippen LogP contribution in [0.2, 0.25) is 0 Å². The number of amides is 1. The van der Waals surface area contributed by atoms with Gasteiger partial charge in [0.1, 0.15) is 0 Å². The maximum atomic E-state index is 11.8. The molecule has 3 nitrogen and oxygen atoms in total. The number of fused-ring (bicyclic) bond motifs is 1. The lowest BCUT2D eigenvalue weighted by Gasteiger charge is -2.38. The number of nitrogens with one attached hydrogen (secondary N) is 1. The summed E-state index contributed by atoms with van der Waals surface area (Å²) in [7, 11) is 0. The minimum Gasteiger partial charge on any atom is -0.337 e. The van der Waals surface area contributed by atoms with E-state index in [9.17, 15) is 4.79 Å². The Morgan fingerprint density at radius 2 is 2.22 bits per heavy atom. The van der Waals surface area contributed by atoms with Crippen LogP contribution in [0.4, 0.5) is 0 Å². The highest BCUT2D eigenvalue weighted by molar-refractivity contribution is 5.79. The Labute approximate surface area is 107 Å². The summed E-state index contributed by atoms with van der Waals surface area (Å²) in [6.07, 6.45) is 3.55. The topological polar surface area (TPSA) is 32.3 Å². The number of carbonyl (C=O) groups is 1. The summed E-state index contributed by atoms with van der Waals surface area (Å²) in [4.78, 5) is 13.9. The van der Waals surface area contributed by atoms with Gasteiger partial charge in [0.05, 0.1) is 12.1 Å². The lowest BCUT2D eigenvalue weighted by molar-refractivity contribution is -0.130. The van der Waals surface area contributed by atoms with Crippen molar-refractivity contribution < 1.29 is 4.79 Å². The van der Waals surface area contributed by atoms with Crippen LogP contribution in [0.15, 0.2) is 30.8 Å². The predicted octanol–water partition coefficient (Wildman–Crippen LogP) is 1.96. The van der Waals surface area contributed by atoms with Gasteiger partial charge < -0.3 is 10.2 Å². The summed E-state index contributed by atoms with van der Waals surface area (Å²) >= 11 is 0. The van der Waals surface area contributed by atoms with Crippen molar-refractivity contribution in [1.82, 2.24) is 10.2 Å². The first kappa shape index (κ1) is 11.5. The van der Waals surface area contributed by atoms with E-state index in [1.165, 1.54) is 5.56 Å². The van der Waals surface area contributed by atoms with Crippen LogP contribution in [0.1, 0.15) is 30.0 Å². The molecule has 94 valence electrons. The molecule has 18 heavy (non-hydrogen) atoms. The van der Waals surface area contributed by atoms with Crippen LogP contribution in [0.25, 0.3) is 6.08 Å². The molecule has 3 rings (SSSR count). The van der Waals surface area contributed by atoms with Gasteiger partial charge in [-0.3, -0.25) is 4.79 Å². The molecule has 1 N–H and O–H groups in total. The molecule has 0 saturated carbocycles. The van der Waals surface area contributed by atoms with Crippen LogP contribution in [0.3, 0.4) is 0 Å². The minimum absolute atomic E-state index is 0.249. The maximum Gasteiger partial charge on any atom is 0.223 e. The summed E-state index contributed by atoms with van der Waals surface area (Å²) in [5.74, 6) is 0.308. The van der Waals surface area contributed by atoms with Gasteiger partial charge in [-0.15, -0.1) is 0 Å². The molecule has 0 radical (unpaired) electrons. The smallest absolute Gasteiger partial charge is 0.223 e. The van der Waals surface area contributed by atoms with Crippen molar-refractivity contribution >= 4 is 12.0 Å². The van der Waals surface area contributed by atoms with E-state index in [0.29, 0.717) is 18.4 Å². The molecule has 2 aliphatic heterocycles. The number of benzene rings is 1. The second kappa shape index (κ2) is 4.58. The molecule has 2 saturated heterocycles. The fourth-order valence-corrected chi connectivity index (χ4v) is 3.17. The zero-order chi connectivity index (χ0) is 12.5. The van der Waals surface area contributed by atoms with Crippen molar-refractivity contribution in [2.45, 2.75) is 24.9 Å². The van der Waals surface area contributed by atoms with E-state index in [-0.39, 0.29) is 6.04 Å². The summed E-state index contributed by atoms with van der Waals surface area (Å²) in [5.41, 5.74) is 2.42. The molecule has 1 unspecified atom stereocenters. The van der Waals surface area contributed by atoms with Crippen LogP contribution < -0.4 is 5.32 Å². The van der Waals surface area contributed by atoms with Gasteiger partial charge >= 0.3 is 0 Å². The van der Waals surface area contributed by atoms with Crippen molar-refractivity contribution in [2.75, 3.05) is 13.1 Å². The standard InChI is InChI=1S/C15H18N2O/c1-2-11-5-3-4-6-12(11)15-13-7-8-14(18)17(13)10-9-16-15/h2-6,13,15-16H,1,7-10H2/t13-,15?/m0/s1. The Kier molecular flexibility index (Phi) is 2.92. The Morgan fingerprint density at radius 1 is 1.39 bits per heavy atom. The number of hydrogen-bond donors (Lipinski definition) is 1. The molecule has 0 aliphatic carbocycles. The molecular formula is C15H18N2O. The largest absolute Gasteiger partial charge is 0.337 e. The van der Waals surface area contributed by atoms with Gasteiger partial charge in [0.2, 0.25) is 5.91 Å². The summed E-state index contributed by atoms with van der Waals surface area (Å²) in [6, 6.07) is 8.87. The number of hydrogen-bond acceptors (Lipinski definition) is 2. The lowest BCUT2D eigenvalue weighted by atomic mass is 9.92. The highest BCUT2D eigenvalue weighted by atomic mass is 16.2. The van der Waals surface area contributed by atoms with E-state index < -0.39 is 0 Å². The van der Waals surface area contributed by atoms with Gasteiger partial charge in [0.15, 0.2) is 0 Å². The highest BCUT2D eigenvalue weighted by Crippen LogP contribution is 2.33. The Hall–Kier alpha value is -1.61. The van der Waals surface area contributed by atoms with E-state index in [1.54, 1.807) is 0 Å². The molecule has 2 fully saturated rings. The average molecular weight is 242 g/mol. The Bertz CT molecular complexity index is 483. The molecule has 0 aromatic heterocycles. The molecular weight excluding hydrogens is 224 g/mol. The molecule has 0 spiro atoms. The van der Waals surface area contributed by atoms with Gasteiger partial charge in [-0.25, -0.2) is 0 Å². The zero-order valence-electron chi connectivity index (χ0n) is 10.4. The maximum absolute atomic E-state index is 11.8. The van der Waals surface area contributed by atoms with Crippen molar-refractivity contribution in [3.05, 3.63) is 42.0 Å². The quantitative estimate of drug-likeness (QED) is 0.860. The molecule has 3 heteroatoms. The Balaban J connectivity index is 1.96. The number of piperazine rings is 1. The minimum atomic E-state index is 0.249. The molecule has 1 aromatic rings. The molecule has 2 atom stereocenters. The molecule has 1 amide bonds. The van der Waals surface area contributed by atoms with Gasteiger partial charge in [-0.2, -0.15) is 0 Å². The first-order valence-electron chi connectivity index (χ1n) is 6.55. The van der Waals surface area contributed by atoms with E-state index in [0.717, 1.165) is 25.1 Å². The third-order valence-electron chi connectivity index (χ3n) is 4.03. The molecule has 0 bridgehead atoms. The third-order valence-corrected chi connectivity index (χ3v) is 4.03. The highest BCUT2D eigenvalue weighted by Gasteiger charge is 2.39. The van der Waals surface area contributed by atoms with Crippen molar-refractivity contribution in [3.63, 3.8) is 0 Å². The fourth-order valence-electron chi connectivity index (χ4n) is 3.17. The van der Waals surface area contributed by atoms with E-state index in [1.807, 2.05) is 17.0 Å². The summed E-state index contributed by atoms with van der Waals surface area (Å²) < 4.78 is 0. The van der Waals surface area contributed by atoms with Crippen LogP contribution in [-0.2, 0) is 4.79 Å².